The lowest BCUT2D eigenvalue weighted by Gasteiger charge is -2.18. The predicted molar refractivity (Wildman–Crippen MR) is 136 cm³/mol. The molecule has 0 saturated heterocycles. The highest BCUT2D eigenvalue weighted by atomic mass is 15.0. The lowest BCUT2D eigenvalue weighted by molar-refractivity contribution is -0.643. The van der Waals surface area contributed by atoms with Gasteiger partial charge in [0.25, 0.3) is 0 Å². The summed E-state index contributed by atoms with van der Waals surface area (Å²) in [5, 5.41) is 9.43. The van der Waals surface area contributed by atoms with Gasteiger partial charge in [0, 0.05) is 16.8 Å². The number of pyridine rings is 2. The Morgan fingerprint density at radius 3 is 2.16 bits per heavy atom. The SMILES string of the molecule is Cc1cc2c(C)c3c(c(C)c2cc1C)n1c2ccccc2c2ccc4cc[n+](C)c3c4c21. The van der Waals surface area contributed by atoms with Gasteiger partial charge >= 0.3 is 0 Å². The molecule has 0 spiro atoms. The van der Waals surface area contributed by atoms with Crippen molar-refractivity contribution in [1.29, 1.82) is 0 Å². The number of hydrogen-bond acceptors (Lipinski definition) is 0. The van der Waals surface area contributed by atoms with Gasteiger partial charge in [-0.3, -0.25) is 0 Å². The minimum atomic E-state index is 1.29. The Hall–Kier alpha value is -3.65. The first-order chi connectivity index (χ1) is 15.5. The molecular formula is C30H25N2+. The zero-order chi connectivity index (χ0) is 21.9. The zero-order valence-electron chi connectivity index (χ0n) is 19.2. The standard InChI is InChI=1S/C30H25N2/c1-16-14-23-18(3)26-28(19(4)24(23)15-17(16)2)32-25-9-7-6-8-21(25)22-11-10-20-12-13-31(5)30(26)27(20)29(22)32/h6-15H,1-5H3/q+1. The quantitative estimate of drug-likeness (QED) is 0.141. The summed E-state index contributed by atoms with van der Waals surface area (Å²) < 4.78 is 4.87. The van der Waals surface area contributed by atoms with Crippen LogP contribution in [0.15, 0.2) is 60.8 Å². The molecule has 0 aliphatic rings. The van der Waals surface area contributed by atoms with Gasteiger partial charge in [0.1, 0.15) is 7.05 Å². The van der Waals surface area contributed by atoms with E-state index in [1.54, 1.807) is 0 Å². The number of fused-ring (bicyclic) bond motifs is 7. The summed E-state index contributed by atoms with van der Waals surface area (Å²) in [6.45, 7) is 9.07. The van der Waals surface area contributed by atoms with E-state index in [-0.39, 0.29) is 0 Å². The van der Waals surface area contributed by atoms with Crippen molar-refractivity contribution in [2.75, 3.05) is 0 Å². The molecule has 2 heteroatoms. The maximum absolute atomic E-state index is 2.55. The summed E-state index contributed by atoms with van der Waals surface area (Å²) >= 11 is 0. The van der Waals surface area contributed by atoms with Crippen molar-refractivity contribution in [2.45, 2.75) is 27.7 Å². The van der Waals surface area contributed by atoms with E-state index >= 15 is 0 Å². The average molecular weight is 414 g/mol. The molecule has 7 aromatic rings. The van der Waals surface area contributed by atoms with E-state index in [4.69, 9.17) is 0 Å². The van der Waals surface area contributed by atoms with Crippen molar-refractivity contribution in [1.82, 2.24) is 4.40 Å². The molecule has 2 nitrogen and oxygen atoms in total. The Bertz CT molecular complexity index is 1920. The van der Waals surface area contributed by atoms with Gasteiger partial charge in [-0.1, -0.05) is 42.5 Å². The van der Waals surface area contributed by atoms with Crippen LogP contribution in [0.1, 0.15) is 22.3 Å². The predicted octanol–water partition coefficient (Wildman–Crippen LogP) is 7.20. The maximum Gasteiger partial charge on any atom is 0.224 e. The highest BCUT2D eigenvalue weighted by Crippen LogP contribution is 2.43. The van der Waals surface area contributed by atoms with Crippen molar-refractivity contribution in [2.24, 2.45) is 7.05 Å². The first-order valence-corrected chi connectivity index (χ1v) is 11.4. The minimum Gasteiger partial charge on any atom is -0.307 e. The van der Waals surface area contributed by atoms with Crippen LogP contribution in [0.5, 0.6) is 0 Å². The molecule has 0 aliphatic carbocycles. The molecule has 0 radical (unpaired) electrons. The monoisotopic (exact) mass is 413 g/mol. The summed E-state index contributed by atoms with van der Waals surface area (Å²) in [6.07, 6.45) is 2.21. The Kier molecular flexibility index (Phi) is 3.24. The molecule has 7 rings (SSSR count). The highest BCUT2D eigenvalue weighted by molar-refractivity contribution is 6.28. The topological polar surface area (TPSA) is 8.29 Å². The fourth-order valence-corrected chi connectivity index (χ4v) is 6.07. The van der Waals surface area contributed by atoms with E-state index in [2.05, 4.69) is 105 Å². The lowest BCUT2D eigenvalue weighted by atomic mass is 9.90. The van der Waals surface area contributed by atoms with E-state index in [1.807, 2.05) is 0 Å². The number of benzene rings is 4. The number of para-hydroxylation sites is 1. The van der Waals surface area contributed by atoms with E-state index in [0.29, 0.717) is 0 Å². The Balaban J connectivity index is 1.98. The molecule has 0 atom stereocenters. The molecule has 154 valence electrons. The summed E-state index contributed by atoms with van der Waals surface area (Å²) in [7, 11) is 2.19. The number of rotatable bonds is 0. The van der Waals surface area contributed by atoms with Crippen LogP contribution in [-0.4, -0.2) is 4.40 Å². The summed E-state index contributed by atoms with van der Waals surface area (Å²) in [6, 6.07) is 20.5. The van der Waals surface area contributed by atoms with Crippen molar-refractivity contribution in [3.05, 3.63) is 83.0 Å². The number of aryl methyl sites for hydroxylation is 5. The van der Waals surface area contributed by atoms with Crippen LogP contribution in [0, 0.1) is 27.7 Å². The highest BCUT2D eigenvalue weighted by Gasteiger charge is 2.26. The van der Waals surface area contributed by atoms with Crippen molar-refractivity contribution >= 4 is 59.8 Å². The second-order valence-electron chi connectivity index (χ2n) is 9.51. The second kappa shape index (κ2) is 5.77. The summed E-state index contributed by atoms with van der Waals surface area (Å²) in [5.74, 6) is 0. The molecular weight excluding hydrogens is 388 g/mol. The third-order valence-corrected chi connectivity index (χ3v) is 7.81. The van der Waals surface area contributed by atoms with Gasteiger partial charge in [0.2, 0.25) is 5.52 Å². The largest absolute Gasteiger partial charge is 0.307 e. The molecule has 0 aliphatic heterocycles. The minimum absolute atomic E-state index is 1.29. The first-order valence-electron chi connectivity index (χ1n) is 11.4. The molecule has 32 heavy (non-hydrogen) atoms. The zero-order valence-corrected chi connectivity index (χ0v) is 19.2. The van der Waals surface area contributed by atoms with Crippen LogP contribution < -0.4 is 4.57 Å². The normalized spacial score (nSPS) is 12.5. The van der Waals surface area contributed by atoms with Crippen LogP contribution in [-0.2, 0) is 7.05 Å². The second-order valence-corrected chi connectivity index (χ2v) is 9.51. The van der Waals surface area contributed by atoms with Gasteiger partial charge in [0.05, 0.1) is 27.3 Å². The third kappa shape index (κ3) is 1.94. The number of hydrogen-bond donors (Lipinski definition) is 0. The van der Waals surface area contributed by atoms with Gasteiger partial charge in [-0.25, -0.2) is 4.57 Å². The van der Waals surface area contributed by atoms with Crippen LogP contribution in [0.25, 0.3) is 59.8 Å². The summed E-state index contributed by atoms with van der Waals surface area (Å²) in [5.41, 5.74) is 10.7. The van der Waals surface area contributed by atoms with Crippen molar-refractivity contribution in [3.8, 4) is 0 Å². The summed E-state index contributed by atoms with van der Waals surface area (Å²) in [4.78, 5) is 0. The van der Waals surface area contributed by atoms with Crippen LogP contribution in [0.3, 0.4) is 0 Å². The van der Waals surface area contributed by atoms with E-state index in [0.717, 1.165) is 0 Å². The molecule has 0 saturated carbocycles. The lowest BCUT2D eigenvalue weighted by Crippen LogP contribution is -2.29. The van der Waals surface area contributed by atoms with E-state index in [1.165, 1.54) is 82.0 Å². The molecule has 0 bridgehead atoms. The Morgan fingerprint density at radius 2 is 1.38 bits per heavy atom. The van der Waals surface area contributed by atoms with Crippen LogP contribution in [0.4, 0.5) is 0 Å². The van der Waals surface area contributed by atoms with Crippen LogP contribution >= 0.6 is 0 Å². The molecule has 0 fully saturated rings. The number of nitrogens with zero attached hydrogens (tertiary/aromatic N) is 2. The Labute approximate surface area is 186 Å². The van der Waals surface area contributed by atoms with Gasteiger partial charge in [-0.15, -0.1) is 0 Å². The molecule has 3 heterocycles. The maximum atomic E-state index is 2.55. The molecule has 3 aromatic heterocycles. The smallest absolute Gasteiger partial charge is 0.224 e. The van der Waals surface area contributed by atoms with Crippen molar-refractivity contribution < 1.29 is 4.57 Å². The van der Waals surface area contributed by atoms with E-state index < -0.39 is 0 Å². The molecule has 0 N–H and O–H groups in total. The average Bonchev–Trinajstić information content (AvgIpc) is 3.13. The van der Waals surface area contributed by atoms with Gasteiger partial charge < -0.3 is 4.40 Å². The van der Waals surface area contributed by atoms with E-state index in [9.17, 15) is 0 Å². The first kappa shape index (κ1) is 18.0. The molecule has 0 amide bonds. The fraction of sp³-hybridized carbons (Fsp3) is 0.167. The van der Waals surface area contributed by atoms with Crippen LogP contribution in [0.2, 0.25) is 0 Å². The van der Waals surface area contributed by atoms with Crippen molar-refractivity contribution in [3.63, 3.8) is 0 Å². The fourth-order valence-electron chi connectivity index (χ4n) is 6.07. The van der Waals surface area contributed by atoms with Gasteiger partial charge in [-0.2, -0.15) is 0 Å². The van der Waals surface area contributed by atoms with Gasteiger partial charge in [-0.05, 0) is 72.2 Å². The third-order valence-electron chi connectivity index (χ3n) is 7.81. The Morgan fingerprint density at radius 1 is 0.656 bits per heavy atom. The van der Waals surface area contributed by atoms with Gasteiger partial charge in [0.15, 0.2) is 6.20 Å². The molecule has 0 unspecified atom stereocenters. The number of aromatic nitrogens is 2. The molecule has 4 aromatic carbocycles.